The number of benzene rings is 2. The van der Waals surface area contributed by atoms with Gasteiger partial charge in [-0.2, -0.15) is 0 Å². The Balaban J connectivity index is 1.35. The lowest BCUT2D eigenvalue weighted by molar-refractivity contribution is 0.249. The number of methoxy groups -OCH3 is 1. The first kappa shape index (κ1) is 18.3. The molecule has 0 bridgehead atoms. The van der Waals surface area contributed by atoms with Crippen LogP contribution in [0, 0.1) is 0 Å². The Kier molecular flexibility index (Phi) is 5.68. The first-order valence-electron chi connectivity index (χ1n) is 9.54. The van der Waals surface area contributed by atoms with E-state index in [1.165, 1.54) is 5.56 Å². The second-order valence-corrected chi connectivity index (χ2v) is 6.86. The van der Waals surface area contributed by atoms with Crippen molar-refractivity contribution in [3.8, 4) is 5.75 Å². The highest BCUT2D eigenvalue weighted by atomic mass is 16.5. The monoisotopic (exact) mass is 375 g/mol. The molecule has 1 aromatic heterocycles. The number of aromatic nitrogens is 2. The van der Waals surface area contributed by atoms with E-state index in [1.54, 1.807) is 13.4 Å². The Morgan fingerprint density at radius 3 is 2.39 bits per heavy atom. The standard InChI is InChI=1S/C22H25N5O/c1-28-20-9-7-19(8-10-20)25-21-15-22(24-17-23-21)27-13-11-26(12-14-27)16-18-5-3-2-4-6-18/h2-10,15,17H,11-14,16H2,1H3,(H,23,24,25). The molecule has 0 spiro atoms. The molecule has 1 N–H and O–H groups in total. The Morgan fingerprint density at radius 1 is 0.929 bits per heavy atom. The number of nitrogens with one attached hydrogen (secondary N) is 1. The molecule has 4 rings (SSSR count). The summed E-state index contributed by atoms with van der Waals surface area (Å²) in [5.41, 5.74) is 2.34. The maximum absolute atomic E-state index is 5.20. The van der Waals surface area contributed by atoms with Crippen LogP contribution in [0.15, 0.2) is 67.0 Å². The largest absolute Gasteiger partial charge is 0.497 e. The number of piperazine rings is 1. The van der Waals surface area contributed by atoms with Crippen molar-refractivity contribution in [1.82, 2.24) is 14.9 Å². The van der Waals surface area contributed by atoms with Crippen LogP contribution >= 0.6 is 0 Å². The summed E-state index contributed by atoms with van der Waals surface area (Å²) in [7, 11) is 1.67. The average Bonchev–Trinajstić information content (AvgIpc) is 2.76. The van der Waals surface area contributed by atoms with Crippen LogP contribution in [0.2, 0.25) is 0 Å². The predicted octanol–water partition coefficient (Wildman–Crippen LogP) is 3.55. The van der Waals surface area contributed by atoms with Gasteiger partial charge in [-0.15, -0.1) is 0 Å². The zero-order valence-electron chi connectivity index (χ0n) is 16.1. The molecule has 0 amide bonds. The van der Waals surface area contributed by atoms with Gasteiger partial charge in [0.15, 0.2) is 0 Å². The number of anilines is 3. The fraction of sp³-hybridized carbons (Fsp3) is 0.273. The van der Waals surface area contributed by atoms with Crippen molar-refractivity contribution in [2.75, 3.05) is 43.5 Å². The Labute approximate surface area is 165 Å². The second kappa shape index (κ2) is 8.71. The van der Waals surface area contributed by atoms with Gasteiger partial charge in [0.1, 0.15) is 23.7 Å². The minimum Gasteiger partial charge on any atom is -0.497 e. The van der Waals surface area contributed by atoms with Crippen molar-refractivity contribution in [1.29, 1.82) is 0 Å². The molecule has 1 aliphatic rings. The lowest BCUT2D eigenvalue weighted by atomic mass is 10.2. The summed E-state index contributed by atoms with van der Waals surface area (Å²) in [5.74, 6) is 2.59. The molecule has 6 nitrogen and oxygen atoms in total. The van der Waals surface area contributed by atoms with Gasteiger partial charge in [-0.05, 0) is 29.8 Å². The quantitative estimate of drug-likeness (QED) is 0.711. The Morgan fingerprint density at radius 2 is 1.68 bits per heavy atom. The number of hydrogen-bond donors (Lipinski definition) is 1. The van der Waals surface area contributed by atoms with Crippen LogP contribution in [0.5, 0.6) is 5.75 Å². The maximum Gasteiger partial charge on any atom is 0.135 e. The van der Waals surface area contributed by atoms with Crippen LogP contribution in [-0.4, -0.2) is 48.2 Å². The van der Waals surface area contributed by atoms with E-state index in [0.29, 0.717) is 0 Å². The normalized spacial score (nSPS) is 14.7. The van der Waals surface area contributed by atoms with Crippen LogP contribution in [-0.2, 0) is 6.54 Å². The maximum atomic E-state index is 5.20. The fourth-order valence-corrected chi connectivity index (χ4v) is 3.39. The van der Waals surface area contributed by atoms with E-state index in [4.69, 9.17) is 4.74 Å². The zero-order valence-corrected chi connectivity index (χ0v) is 16.1. The molecular formula is C22H25N5O. The molecule has 6 heteroatoms. The number of rotatable bonds is 6. The van der Waals surface area contributed by atoms with Crippen molar-refractivity contribution < 1.29 is 4.74 Å². The van der Waals surface area contributed by atoms with Gasteiger partial charge < -0.3 is 15.0 Å². The van der Waals surface area contributed by atoms with Crippen molar-refractivity contribution in [2.45, 2.75) is 6.54 Å². The van der Waals surface area contributed by atoms with Crippen molar-refractivity contribution in [2.24, 2.45) is 0 Å². The van der Waals surface area contributed by atoms with Gasteiger partial charge in [0.2, 0.25) is 0 Å². The van der Waals surface area contributed by atoms with Gasteiger partial charge in [-0.1, -0.05) is 30.3 Å². The van der Waals surface area contributed by atoms with Crippen LogP contribution in [0.25, 0.3) is 0 Å². The van der Waals surface area contributed by atoms with E-state index >= 15 is 0 Å². The van der Waals surface area contributed by atoms with E-state index in [-0.39, 0.29) is 0 Å². The lowest BCUT2D eigenvalue weighted by Crippen LogP contribution is -2.46. The smallest absolute Gasteiger partial charge is 0.135 e. The van der Waals surface area contributed by atoms with Gasteiger partial charge in [0.25, 0.3) is 0 Å². The van der Waals surface area contributed by atoms with Crippen molar-refractivity contribution in [3.63, 3.8) is 0 Å². The highest BCUT2D eigenvalue weighted by Gasteiger charge is 2.18. The summed E-state index contributed by atoms with van der Waals surface area (Å²) < 4.78 is 5.20. The summed E-state index contributed by atoms with van der Waals surface area (Å²) in [5, 5.41) is 3.33. The molecule has 0 saturated carbocycles. The molecule has 0 atom stereocenters. The molecule has 2 aromatic carbocycles. The van der Waals surface area contributed by atoms with Gasteiger partial charge in [0.05, 0.1) is 7.11 Å². The minimum absolute atomic E-state index is 0.793. The highest BCUT2D eigenvalue weighted by Crippen LogP contribution is 2.22. The van der Waals surface area contributed by atoms with Crippen LogP contribution < -0.4 is 15.0 Å². The molecule has 1 saturated heterocycles. The van der Waals surface area contributed by atoms with Gasteiger partial charge in [0, 0.05) is 44.5 Å². The molecule has 0 radical (unpaired) electrons. The van der Waals surface area contributed by atoms with E-state index in [2.05, 4.69) is 55.4 Å². The molecule has 2 heterocycles. The van der Waals surface area contributed by atoms with Crippen LogP contribution in [0.4, 0.5) is 17.3 Å². The van der Waals surface area contributed by atoms with Crippen molar-refractivity contribution in [3.05, 3.63) is 72.6 Å². The van der Waals surface area contributed by atoms with E-state index in [0.717, 1.165) is 55.8 Å². The topological polar surface area (TPSA) is 53.5 Å². The van der Waals surface area contributed by atoms with Crippen LogP contribution in [0.1, 0.15) is 5.56 Å². The molecular weight excluding hydrogens is 350 g/mol. The number of nitrogens with zero attached hydrogens (tertiary/aromatic N) is 4. The third kappa shape index (κ3) is 4.58. The van der Waals surface area contributed by atoms with Gasteiger partial charge >= 0.3 is 0 Å². The third-order valence-corrected chi connectivity index (χ3v) is 4.96. The Hall–Kier alpha value is -3.12. The predicted molar refractivity (Wildman–Crippen MR) is 112 cm³/mol. The molecule has 1 fully saturated rings. The Bertz CT molecular complexity index is 877. The summed E-state index contributed by atoms with van der Waals surface area (Å²) in [4.78, 5) is 13.6. The van der Waals surface area contributed by atoms with Gasteiger partial charge in [-0.25, -0.2) is 9.97 Å². The van der Waals surface area contributed by atoms with E-state index < -0.39 is 0 Å². The molecule has 1 aliphatic heterocycles. The van der Waals surface area contributed by atoms with Crippen LogP contribution in [0.3, 0.4) is 0 Å². The average molecular weight is 375 g/mol. The summed E-state index contributed by atoms with van der Waals surface area (Å²) >= 11 is 0. The van der Waals surface area contributed by atoms with Gasteiger partial charge in [-0.3, -0.25) is 4.90 Å². The highest BCUT2D eigenvalue weighted by molar-refractivity contribution is 5.60. The van der Waals surface area contributed by atoms with E-state index in [1.807, 2.05) is 30.3 Å². The van der Waals surface area contributed by atoms with Crippen molar-refractivity contribution >= 4 is 17.3 Å². The third-order valence-electron chi connectivity index (χ3n) is 4.96. The molecule has 28 heavy (non-hydrogen) atoms. The molecule has 0 aliphatic carbocycles. The zero-order chi connectivity index (χ0) is 19.2. The molecule has 3 aromatic rings. The summed E-state index contributed by atoms with van der Waals surface area (Å²) in [6.45, 7) is 4.99. The second-order valence-electron chi connectivity index (χ2n) is 6.86. The lowest BCUT2D eigenvalue weighted by Gasteiger charge is -2.35. The summed E-state index contributed by atoms with van der Waals surface area (Å²) in [6, 6.07) is 20.5. The SMILES string of the molecule is COc1ccc(Nc2cc(N3CCN(Cc4ccccc4)CC3)ncn2)cc1. The number of hydrogen-bond acceptors (Lipinski definition) is 6. The number of ether oxygens (including phenoxy) is 1. The van der Waals surface area contributed by atoms with E-state index in [9.17, 15) is 0 Å². The molecule has 0 unspecified atom stereocenters. The molecule has 144 valence electrons. The summed E-state index contributed by atoms with van der Waals surface area (Å²) in [6.07, 6.45) is 1.62. The minimum atomic E-state index is 0.793. The first-order chi connectivity index (χ1) is 13.8. The first-order valence-corrected chi connectivity index (χ1v) is 9.54. The fourth-order valence-electron chi connectivity index (χ4n) is 3.39.